The van der Waals surface area contributed by atoms with Crippen LogP contribution in [0.15, 0.2) is 31.7 Å². The van der Waals surface area contributed by atoms with Gasteiger partial charge in [-0.05, 0) is 18.2 Å². The Kier molecular flexibility index (Phi) is 6.51. The fourth-order valence-corrected chi connectivity index (χ4v) is 4.76. The summed E-state index contributed by atoms with van der Waals surface area (Å²) in [6, 6.07) is 3.00. The van der Waals surface area contributed by atoms with Gasteiger partial charge in [0.15, 0.2) is 0 Å². The summed E-state index contributed by atoms with van der Waals surface area (Å²) in [5.41, 5.74) is 0.233. The number of hydrogen-bond donors (Lipinski definition) is 2. The highest BCUT2D eigenvalue weighted by molar-refractivity contribution is 7.87. The van der Waals surface area contributed by atoms with Gasteiger partial charge in [0.05, 0.1) is 47.1 Å². The van der Waals surface area contributed by atoms with Crippen LogP contribution in [-0.2, 0) is 37.2 Å². The van der Waals surface area contributed by atoms with Crippen molar-refractivity contribution < 1.29 is 22.5 Å². The van der Waals surface area contributed by atoms with Gasteiger partial charge in [0.25, 0.3) is 0 Å². The molecule has 1 aromatic carbocycles. The van der Waals surface area contributed by atoms with E-state index in [2.05, 4.69) is 12.6 Å². The lowest BCUT2D eigenvalue weighted by molar-refractivity contribution is -0.131. The summed E-state index contributed by atoms with van der Waals surface area (Å²) >= 11 is 3.84. The van der Waals surface area contributed by atoms with Crippen LogP contribution in [0.5, 0.6) is 0 Å². The molecule has 9 heteroatoms. The van der Waals surface area contributed by atoms with Crippen molar-refractivity contribution in [3.8, 4) is 0 Å². The van der Waals surface area contributed by atoms with Crippen LogP contribution in [0.3, 0.4) is 0 Å². The van der Waals surface area contributed by atoms with Crippen LogP contribution in [0.1, 0.15) is 5.56 Å². The molecule has 0 fully saturated rings. The van der Waals surface area contributed by atoms with E-state index in [9.17, 15) is 17.4 Å². The zero-order chi connectivity index (χ0) is 16.3. The smallest absolute Gasteiger partial charge is 0.341 e. The quantitative estimate of drug-likeness (QED) is 0.605. The molecule has 3 atom stereocenters. The Morgan fingerprint density at radius 2 is 1.52 bits per heavy atom. The molecule has 0 saturated carbocycles. The van der Waals surface area contributed by atoms with E-state index in [-0.39, 0.29) is 15.4 Å². The summed E-state index contributed by atoms with van der Waals surface area (Å²) < 4.78 is 35.6. The van der Waals surface area contributed by atoms with Gasteiger partial charge >= 0.3 is 5.97 Å². The lowest BCUT2D eigenvalue weighted by atomic mass is 10.2. The monoisotopic (exact) mass is 366 g/mol. The molecule has 0 heterocycles. The average molecular weight is 367 g/mol. The van der Waals surface area contributed by atoms with Crippen LogP contribution in [0.2, 0.25) is 0 Å². The molecule has 1 aromatic rings. The number of benzene rings is 1. The second-order valence-electron chi connectivity index (χ2n) is 4.00. The maximum absolute atomic E-state index is 12.0. The summed E-state index contributed by atoms with van der Waals surface area (Å²) in [6.07, 6.45) is 5.44. The SMILES string of the molecule is CS(=O)c1ccc(S(C)=O)c(S(C)=O)c1/C=C(\S)C(=O)O. The highest BCUT2D eigenvalue weighted by Gasteiger charge is 2.20. The zero-order valence-electron chi connectivity index (χ0n) is 11.5. The van der Waals surface area contributed by atoms with E-state index >= 15 is 0 Å². The maximum Gasteiger partial charge on any atom is 0.341 e. The highest BCUT2D eigenvalue weighted by atomic mass is 32.2. The van der Waals surface area contributed by atoms with Gasteiger partial charge in [-0.15, -0.1) is 12.6 Å². The Balaban J connectivity index is 3.84. The maximum atomic E-state index is 12.0. The first kappa shape index (κ1) is 18.3. The predicted molar refractivity (Wildman–Crippen MR) is 88.0 cm³/mol. The minimum absolute atomic E-state index is 0.219. The van der Waals surface area contributed by atoms with Crippen molar-refractivity contribution in [2.45, 2.75) is 14.7 Å². The lowest BCUT2D eigenvalue weighted by Crippen LogP contribution is -2.06. The number of carbonyl (C=O) groups is 1. The van der Waals surface area contributed by atoms with Crippen molar-refractivity contribution in [1.82, 2.24) is 0 Å². The molecule has 21 heavy (non-hydrogen) atoms. The Hall–Kier alpha value is -0.770. The van der Waals surface area contributed by atoms with Crippen LogP contribution in [-0.4, -0.2) is 42.5 Å². The molecule has 1 rings (SSSR count). The van der Waals surface area contributed by atoms with Crippen LogP contribution in [0.4, 0.5) is 0 Å². The molecule has 0 amide bonds. The second kappa shape index (κ2) is 7.48. The van der Waals surface area contributed by atoms with Gasteiger partial charge in [-0.1, -0.05) is 0 Å². The van der Waals surface area contributed by atoms with Crippen LogP contribution >= 0.6 is 12.6 Å². The Morgan fingerprint density at radius 3 is 1.90 bits per heavy atom. The van der Waals surface area contributed by atoms with Crippen LogP contribution < -0.4 is 0 Å². The Labute approximate surface area is 135 Å². The topological polar surface area (TPSA) is 88.5 Å². The van der Waals surface area contributed by atoms with Crippen LogP contribution in [0.25, 0.3) is 6.08 Å². The van der Waals surface area contributed by atoms with Gasteiger partial charge in [-0.3, -0.25) is 12.6 Å². The summed E-state index contributed by atoms with van der Waals surface area (Å²) in [6.45, 7) is 0. The van der Waals surface area contributed by atoms with E-state index in [0.29, 0.717) is 9.79 Å². The van der Waals surface area contributed by atoms with Crippen molar-refractivity contribution in [1.29, 1.82) is 0 Å². The third kappa shape index (κ3) is 4.35. The van der Waals surface area contributed by atoms with Gasteiger partial charge < -0.3 is 5.11 Å². The Bertz CT molecular complexity index is 693. The highest BCUT2D eigenvalue weighted by Crippen LogP contribution is 2.29. The number of thiol groups is 1. The third-order valence-corrected chi connectivity index (χ3v) is 5.93. The van der Waals surface area contributed by atoms with E-state index in [0.717, 1.165) is 0 Å². The molecule has 0 bridgehead atoms. The number of carboxylic acid groups (broad SMARTS) is 1. The van der Waals surface area contributed by atoms with Crippen molar-refractivity contribution in [3.63, 3.8) is 0 Å². The normalized spacial score (nSPS) is 16.3. The second-order valence-corrected chi connectivity index (χ2v) is 8.50. The molecular formula is C12H14O5S4. The fourth-order valence-electron chi connectivity index (χ4n) is 1.67. The molecule has 3 unspecified atom stereocenters. The molecule has 0 radical (unpaired) electrons. The molecule has 0 aliphatic rings. The number of aliphatic carboxylic acids is 1. The summed E-state index contributed by atoms with van der Waals surface area (Å²) in [4.78, 5) is 11.5. The number of rotatable bonds is 5. The largest absolute Gasteiger partial charge is 0.477 e. The van der Waals surface area contributed by atoms with Crippen molar-refractivity contribution in [2.75, 3.05) is 18.8 Å². The molecule has 0 aromatic heterocycles. The number of carboxylic acids is 1. The van der Waals surface area contributed by atoms with Crippen molar-refractivity contribution in [2.24, 2.45) is 0 Å². The van der Waals surface area contributed by atoms with E-state index < -0.39 is 38.4 Å². The minimum atomic E-state index is -1.53. The molecule has 0 saturated heterocycles. The summed E-state index contributed by atoms with van der Waals surface area (Å²) in [5, 5.41) is 8.92. The van der Waals surface area contributed by atoms with Crippen molar-refractivity contribution >= 4 is 57.1 Å². The van der Waals surface area contributed by atoms with E-state index in [1.54, 1.807) is 0 Å². The molecule has 116 valence electrons. The first-order chi connectivity index (χ1) is 9.66. The lowest BCUT2D eigenvalue weighted by Gasteiger charge is -2.13. The van der Waals surface area contributed by atoms with Gasteiger partial charge in [-0.2, -0.15) is 0 Å². The molecule has 0 aliphatic heterocycles. The third-order valence-electron chi connectivity index (χ3n) is 2.53. The summed E-state index contributed by atoms with van der Waals surface area (Å²) in [7, 11) is -4.36. The zero-order valence-corrected chi connectivity index (χ0v) is 14.8. The van der Waals surface area contributed by atoms with Gasteiger partial charge in [-0.25, -0.2) is 4.79 Å². The minimum Gasteiger partial charge on any atom is -0.477 e. The number of hydrogen-bond acceptors (Lipinski definition) is 5. The van der Waals surface area contributed by atoms with Crippen molar-refractivity contribution in [3.05, 3.63) is 22.6 Å². The van der Waals surface area contributed by atoms with E-state index in [1.807, 2.05) is 0 Å². The molecule has 0 aliphatic carbocycles. The van der Waals surface area contributed by atoms with Gasteiger partial charge in [0, 0.05) is 29.2 Å². The first-order valence-corrected chi connectivity index (χ1v) is 10.6. The first-order valence-electron chi connectivity index (χ1n) is 5.48. The Morgan fingerprint density at radius 1 is 1.05 bits per heavy atom. The predicted octanol–water partition coefficient (Wildman–Crippen LogP) is 1.25. The van der Waals surface area contributed by atoms with Gasteiger partial charge in [0.1, 0.15) is 0 Å². The van der Waals surface area contributed by atoms with E-state index in [4.69, 9.17) is 5.11 Å². The van der Waals surface area contributed by atoms with E-state index in [1.165, 1.54) is 37.0 Å². The summed E-state index contributed by atoms with van der Waals surface area (Å²) in [5.74, 6) is -1.26. The molecule has 0 spiro atoms. The molecule has 5 nitrogen and oxygen atoms in total. The standard InChI is InChI=1S/C12H14O5S4/c1-19(15)9-4-5-10(20(2)16)11(21(3)17)7(9)6-8(18)12(13)14/h4-6,18H,1-3H3,(H,13,14)/b8-6-. The molecule has 1 N–H and O–H groups in total. The van der Waals surface area contributed by atoms with Gasteiger partial charge in [0.2, 0.25) is 0 Å². The van der Waals surface area contributed by atoms with Crippen LogP contribution in [0, 0.1) is 0 Å². The average Bonchev–Trinajstić information content (AvgIpc) is 2.36. The molecular weight excluding hydrogens is 352 g/mol. The fraction of sp³-hybridized carbons (Fsp3) is 0.250.